The molecule has 6 heteroatoms. The molecule has 1 fully saturated rings. The molecule has 3 aromatic rings. The topological polar surface area (TPSA) is 63.4 Å². The number of aryl methyl sites for hydroxylation is 1. The Morgan fingerprint density at radius 1 is 1.13 bits per heavy atom. The van der Waals surface area contributed by atoms with Gasteiger partial charge in [0.2, 0.25) is 5.91 Å². The maximum Gasteiger partial charge on any atom is 0.228 e. The van der Waals surface area contributed by atoms with E-state index in [0.29, 0.717) is 6.42 Å². The molecule has 0 spiro atoms. The third-order valence-corrected chi connectivity index (χ3v) is 4.15. The number of hydrogen-bond donors (Lipinski definition) is 0. The maximum atomic E-state index is 12.1. The largest absolute Gasteiger partial charge is 0.304 e. The predicted octanol–water partition coefficient (Wildman–Crippen LogP) is 2.62. The number of amides is 1. The highest BCUT2D eigenvalue weighted by molar-refractivity contribution is 5.93. The summed E-state index contributed by atoms with van der Waals surface area (Å²) in [7, 11) is 0. The number of carbonyl (C=O) groups is 1. The van der Waals surface area contributed by atoms with E-state index in [-0.39, 0.29) is 5.91 Å². The summed E-state index contributed by atoms with van der Waals surface area (Å²) in [6, 6.07) is 5.98. The van der Waals surface area contributed by atoms with E-state index in [4.69, 9.17) is 0 Å². The number of rotatable bonds is 2. The SMILES string of the molecule is Cc1cc(-c2ccc3nc(N4CCCCC4=O)cn3c2)cnn1. The minimum atomic E-state index is 0.161. The Morgan fingerprint density at radius 3 is 2.87 bits per heavy atom. The molecule has 0 aromatic carbocycles. The van der Waals surface area contributed by atoms with Gasteiger partial charge in [0, 0.05) is 30.3 Å². The Kier molecular flexibility index (Phi) is 3.29. The Hall–Kier alpha value is -2.76. The second-order valence-electron chi connectivity index (χ2n) is 5.87. The van der Waals surface area contributed by atoms with Crippen LogP contribution in [0.15, 0.2) is 36.8 Å². The molecule has 23 heavy (non-hydrogen) atoms. The third kappa shape index (κ3) is 2.56. The highest BCUT2D eigenvalue weighted by Crippen LogP contribution is 2.24. The lowest BCUT2D eigenvalue weighted by molar-refractivity contribution is -0.119. The van der Waals surface area contributed by atoms with Gasteiger partial charge in [-0.25, -0.2) is 4.98 Å². The highest BCUT2D eigenvalue weighted by atomic mass is 16.2. The van der Waals surface area contributed by atoms with Gasteiger partial charge in [0.25, 0.3) is 0 Å². The normalized spacial score (nSPS) is 15.3. The number of nitrogens with zero attached hydrogens (tertiary/aromatic N) is 5. The Bertz CT molecular complexity index is 886. The van der Waals surface area contributed by atoms with Crippen molar-refractivity contribution < 1.29 is 4.79 Å². The lowest BCUT2D eigenvalue weighted by Crippen LogP contribution is -2.35. The predicted molar refractivity (Wildman–Crippen MR) is 87.2 cm³/mol. The molecule has 0 N–H and O–H groups in total. The van der Waals surface area contributed by atoms with Crippen LogP contribution >= 0.6 is 0 Å². The number of imidazole rings is 1. The van der Waals surface area contributed by atoms with Gasteiger partial charge < -0.3 is 4.40 Å². The fraction of sp³-hybridized carbons (Fsp3) is 0.294. The van der Waals surface area contributed by atoms with E-state index in [1.807, 2.05) is 41.9 Å². The molecule has 1 saturated heterocycles. The molecule has 6 nitrogen and oxygen atoms in total. The zero-order valence-corrected chi connectivity index (χ0v) is 12.9. The monoisotopic (exact) mass is 307 g/mol. The summed E-state index contributed by atoms with van der Waals surface area (Å²) in [5.74, 6) is 0.893. The first kappa shape index (κ1) is 13.9. The molecule has 4 rings (SSSR count). The van der Waals surface area contributed by atoms with Gasteiger partial charge in [0.1, 0.15) is 5.65 Å². The van der Waals surface area contributed by atoms with Crippen molar-refractivity contribution in [3.8, 4) is 11.1 Å². The van der Waals surface area contributed by atoms with Gasteiger partial charge in [-0.1, -0.05) is 0 Å². The summed E-state index contributed by atoms with van der Waals surface area (Å²) in [5, 5.41) is 7.99. The average molecular weight is 307 g/mol. The van der Waals surface area contributed by atoms with Crippen LogP contribution in [0.3, 0.4) is 0 Å². The lowest BCUT2D eigenvalue weighted by atomic mass is 10.1. The molecular formula is C17H17N5O. The van der Waals surface area contributed by atoms with Gasteiger partial charge in [0.05, 0.1) is 18.1 Å². The molecular weight excluding hydrogens is 290 g/mol. The van der Waals surface area contributed by atoms with Crippen LogP contribution in [-0.4, -0.2) is 32.0 Å². The summed E-state index contributed by atoms with van der Waals surface area (Å²) in [4.78, 5) is 18.4. The van der Waals surface area contributed by atoms with Crippen LogP contribution < -0.4 is 4.90 Å². The van der Waals surface area contributed by atoms with Crippen molar-refractivity contribution in [2.75, 3.05) is 11.4 Å². The van der Waals surface area contributed by atoms with Crippen LogP contribution in [0.25, 0.3) is 16.8 Å². The first-order valence-electron chi connectivity index (χ1n) is 7.79. The van der Waals surface area contributed by atoms with Gasteiger partial charge in [-0.05, 0) is 38.0 Å². The molecule has 1 aliphatic heterocycles. The van der Waals surface area contributed by atoms with Gasteiger partial charge in [-0.3, -0.25) is 9.69 Å². The number of piperidine rings is 1. The van der Waals surface area contributed by atoms with Gasteiger partial charge in [0.15, 0.2) is 5.82 Å². The van der Waals surface area contributed by atoms with Gasteiger partial charge >= 0.3 is 0 Å². The van der Waals surface area contributed by atoms with Crippen LogP contribution in [0.1, 0.15) is 25.0 Å². The number of aromatic nitrogens is 4. The molecule has 0 aliphatic carbocycles. The molecule has 1 amide bonds. The smallest absolute Gasteiger partial charge is 0.228 e. The Balaban J connectivity index is 1.73. The van der Waals surface area contributed by atoms with Crippen molar-refractivity contribution in [1.29, 1.82) is 0 Å². The number of fused-ring (bicyclic) bond motifs is 1. The van der Waals surface area contributed by atoms with Gasteiger partial charge in [-0.15, -0.1) is 0 Å². The summed E-state index contributed by atoms with van der Waals surface area (Å²) in [6.07, 6.45) is 8.30. The highest BCUT2D eigenvalue weighted by Gasteiger charge is 2.21. The maximum absolute atomic E-state index is 12.1. The van der Waals surface area contributed by atoms with Crippen molar-refractivity contribution in [1.82, 2.24) is 19.6 Å². The van der Waals surface area contributed by atoms with E-state index >= 15 is 0 Å². The number of anilines is 1. The second-order valence-corrected chi connectivity index (χ2v) is 5.87. The molecule has 0 atom stereocenters. The number of hydrogen-bond acceptors (Lipinski definition) is 4. The molecule has 1 aliphatic rings. The van der Waals surface area contributed by atoms with E-state index < -0.39 is 0 Å². The fourth-order valence-corrected chi connectivity index (χ4v) is 2.96. The lowest BCUT2D eigenvalue weighted by Gasteiger charge is -2.24. The zero-order valence-electron chi connectivity index (χ0n) is 12.9. The van der Waals surface area contributed by atoms with Crippen LogP contribution in [-0.2, 0) is 4.79 Å². The van der Waals surface area contributed by atoms with Crippen molar-refractivity contribution in [2.24, 2.45) is 0 Å². The zero-order chi connectivity index (χ0) is 15.8. The summed E-state index contributed by atoms with van der Waals surface area (Å²) < 4.78 is 1.96. The molecule has 116 valence electrons. The first-order chi connectivity index (χ1) is 11.2. The Morgan fingerprint density at radius 2 is 2.04 bits per heavy atom. The number of carbonyl (C=O) groups excluding carboxylic acids is 1. The quantitative estimate of drug-likeness (QED) is 0.730. The Labute approximate surface area is 133 Å². The summed E-state index contributed by atoms with van der Waals surface area (Å²) >= 11 is 0. The molecule has 3 aromatic heterocycles. The summed E-state index contributed by atoms with van der Waals surface area (Å²) in [5.41, 5.74) is 3.78. The van der Waals surface area contributed by atoms with Crippen LogP contribution in [0.4, 0.5) is 5.82 Å². The fourth-order valence-electron chi connectivity index (χ4n) is 2.96. The van der Waals surface area contributed by atoms with Crippen LogP contribution in [0.2, 0.25) is 0 Å². The number of pyridine rings is 1. The molecule has 4 heterocycles. The standard InChI is InChI=1S/C17H17N5O/c1-12-8-14(9-18-20-12)13-5-6-15-19-16(11-21(15)10-13)22-7-3-2-4-17(22)23/h5-6,8-11H,2-4,7H2,1H3. The molecule has 0 radical (unpaired) electrons. The average Bonchev–Trinajstić information content (AvgIpc) is 2.98. The summed E-state index contributed by atoms with van der Waals surface area (Å²) in [6.45, 7) is 2.68. The van der Waals surface area contributed by atoms with Crippen molar-refractivity contribution in [3.05, 3.63) is 42.5 Å². The minimum Gasteiger partial charge on any atom is -0.304 e. The van der Waals surface area contributed by atoms with Crippen molar-refractivity contribution in [3.63, 3.8) is 0 Å². The van der Waals surface area contributed by atoms with Crippen LogP contribution in [0.5, 0.6) is 0 Å². The van der Waals surface area contributed by atoms with E-state index in [1.54, 1.807) is 11.1 Å². The van der Waals surface area contributed by atoms with E-state index in [1.165, 1.54) is 0 Å². The van der Waals surface area contributed by atoms with Gasteiger partial charge in [-0.2, -0.15) is 10.2 Å². The van der Waals surface area contributed by atoms with E-state index in [0.717, 1.165) is 47.7 Å². The van der Waals surface area contributed by atoms with E-state index in [2.05, 4.69) is 15.2 Å². The van der Waals surface area contributed by atoms with Crippen molar-refractivity contribution >= 4 is 17.4 Å². The second kappa shape index (κ2) is 5.46. The van der Waals surface area contributed by atoms with Crippen LogP contribution in [0, 0.1) is 6.92 Å². The van der Waals surface area contributed by atoms with Crippen molar-refractivity contribution in [2.45, 2.75) is 26.2 Å². The minimum absolute atomic E-state index is 0.161. The first-order valence-corrected chi connectivity index (χ1v) is 7.79. The molecule has 0 bridgehead atoms. The third-order valence-electron chi connectivity index (χ3n) is 4.15. The van der Waals surface area contributed by atoms with E-state index in [9.17, 15) is 4.79 Å². The molecule has 0 saturated carbocycles. The molecule has 0 unspecified atom stereocenters.